The summed E-state index contributed by atoms with van der Waals surface area (Å²) in [7, 11) is 0. The van der Waals surface area contributed by atoms with Crippen molar-refractivity contribution in [1.29, 1.82) is 0 Å². The summed E-state index contributed by atoms with van der Waals surface area (Å²) < 4.78 is 5.73. The van der Waals surface area contributed by atoms with Crippen LogP contribution in [0.5, 0.6) is 0 Å². The number of thioether (sulfide) groups is 1. The Morgan fingerprint density at radius 3 is 2.05 bits per heavy atom. The predicted molar refractivity (Wildman–Crippen MR) is 96.5 cm³/mol. The lowest BCUT2D eigenvalue weighted by Gasteiger charge is -2.48. The third-order valence-electron chi connectivity index (χ3n) is 4.51. The average molecular weight is 330 g/mol. The minimum absolute atomic E-state index is 0.168. The van der Waals surface area contributed by atoms with Crippen molar-refractivity contribution in [2.45, 2.75) is 90.5 Å². The molecule has 0 aromatic rings. The molecule has 1 fully saturated rings. The molecular weight excluding hydrogens is 294 g/mol. The predicted octanol–water partition coefficient (Wildman–Crippen LogP) is 5.24. The number of nitrogens with one attached hydrogen (secondary N) is 1. The van der Waals surface area contributed by atoms with E-state index in [0.29, 0.717) is 11.8 Å². The molecule has 130 valence electrons. The lowest BCUT2D eigenvalue weighted by Crippen LogP contribution is -2.61. The summed E-state index contributed by atoms with van der Waals surface area (Å²) in [6.45, 7) is 17.0. The summed E-state index contributed by atoms with van der Waals surface area (Å²) in [5.41, 5.74) is -0.623. The first-order chi connectivity index (χ1) is 9.86. The zero-order valence-corrected chi connectivity index (χ0v) is 16.5. The number of carbonyl (C=O) groups is 1. The number of carbonyl (C=O) groups excluding carboxylic acids is 1. The monoisotopic (exact) mass is 329 g/mol. The Kier molecular flexibility index (Phi) is 6.28. The SMILES string of the molecule is C[C@@H]1CCC[C@H](C)C1(CSC(C)(C)C)NC(=O)OC(C)(C)C. The lowest BCUT2D eigenvalue weighted by molar-refractivity contribution is 0.0310. The van der Waals surface area contributed by atoms with E-state index in [0.717, 1.165) is 5.75 Å². The molecule has 1 aliphatic carbocycles. The van der Waals surface area contributed by atoms with Crippen molar-refractivity contribution in [1.82, 2.24) is 5.32 Å². The van der Waals surface area contributed by atoms with Crippen molar-refractivity contribution in [2.75, 3.05) is 5.75 Å². The Bertz CT molecular complexity index is 372. The first-order valence-electron chi connectivity index (χ1n) is 8.51. The molecule has 1 saturated carbocycles. The summed E-state index contributed by atoms with van der Waals surface area (Å²) in [6, 6.07) is 0. The van der Waals surface area contributed by atoms with Crippen molar-refractivity contribution in [3.05, 3.63) is 0 Å². The van der Waals surface area contributed by atoms with Crippen LogP contribution in [0.3, 0.4) is 0 Å². The van der Waals surface area contributed by atoms with Crippen LogP contribution >= 0.6 is 11.8 Å². The fraction of sp³-hybridized carbons (Fsp3) is 0.944. The van der Waals surface area contributed by atoms with Gasteiger partial charge in [0.15, 0.2) is 0 Å². The highest BCUT2D eigenvalue weighted by atomic mass is 32.2. The highest BCUT2D eigenvalue weighted by molar-refractivity contribution is 8.00. The molecule has 1 amide bonds. The van der Waals surface area contributed by atoms with Crippen molar-refractivity contribution in [3.63, 3.8) is 0 Å². The maximum absolute atomic E-state index is 12.4. The van der Waals surface area contributed by atoms with Gasteiger partial charge >= 0.3 is 6.09 Å². The van der Waals surface area contributed by atoms with Crippen LogP contribution in [-0.4, -0.2) is 27.7 Å². The van der Waals surface area contributed by atoms with Gasteiger partial charge in [0.1, 0.15) is 5.60 Å². The number of alkyl carbamates (subject to hydrolysis) is 1. The van der Waals surface area contributed by atoms with E-state index in [1.165, 1.54) is 19.3 Å². The summed E-state index contributed by atoms with van der Waals surface area (Å²) in [5, 5.41) is 3.28. The van der Waals surface area contributed by atoms with Gasteiger partial charge in [-0.25, -0.2) is 4.79 Å². The van der Waals surface area contributed by atoms with Crippen LogP contribution in [0, 0.1) is 11.8 Å². The Hall–Kier alpha value is -0.380. The van der Waals surface area contributed by atoms with E-state index in [1.807, 2.05) is 32.5 Å². The van der Waals surface area contributed by atoms with Crippen molar-refractivity contribution in [3.8, 4) is 0 Å². The van der Waals surface area contributed by atoms with Crippen LogP contribution < -0.4 is 5.32 Å². The molecule has 0 aliphatic heterocycles. The maximum atomic E-state index is 12.4. The second-order valence-electron chi connectivity index (χ2n) is 8.80. The zero-order valence-electron chi connectivity index (χ0n) is 15.7. The number of amides is 1. The van der Waals surface area contributed by atoms with E-state index < -0.39 is 5.60 Å². The van der Waals surface area contributed by atoms with E-state index in [1.54, 1.807) is 0 Å². The standard InChI is InChI=1S/C18H35NO2S/c1-13-10-9-11-14(2)18(13,12-22-17(6,7)8)19-15(20)21-16(3,4)5/h13-14H,9-12H2,1-8H3,(H,19,20)/t13-,14+,18?. The van der Waals surface area contributed by atoms with E-state index in [4.69, 9.17) is 4.74 Å². The summed E-state index contributed by atoms with van der Waals surface area (Å²) in [6.07, 6.45) is 3.32. The van der Waals surface area contributed by atoms with Crippen LogP contribution in [0.25, 0.3) is 0 Å². The molecule has 0 radical (unpaired) electrons. The van der Waals surface area contributed by atoms with Crippen LogP contribution in [0.2, 0.25) is 0 Å². The van der Waals surface area contributed by atoms with Gasteiger partial charge in [-0.2, -0.15) is 11.8 Å². The van der Waals surface area contributed by atoms with Gasteiger partial charge in [-0.05, 0) is 45.4 Å². The quantitative estimate of drug-likeness (QED) is 0.769. The smallest absolute Gasteiger partial charge is 0.408 e. The highest BCUT2D eigenvalue weighted by Crippen LogP contribution is 2.42. The second-order valence-corrected chi connectivity index (χ2v) is 10.6. The topological polar surface area (TPSA) is 38.3 Å². The summed E-state index contributed by atoms with van der Waals surface area (Å²) in [4.78, 5) is 12.4. The molecule has 1 rings (SSSR count). The van der Waals surface area contributed by atoms with E-state index in [-0.39, 0.29) is 16.4 Å². The molecular formula is C18H35NO2S. The molecule has 0 aromatic heterocycles. The lowest BCUT2D eigenvalue weighted by atomic mass is 9.68. The van der Waals surface area contributed by atoms with Gasteiger partial charge in [-0.1, -0.05) is 41.0 Å². The Labute approximate surface area is 141 Å². The fourth-order valence-electron chi connectivity index (χ4n) is 3.13. The van der Waals surface area contributed by atoms with Crippen molar-refractivity contribution >= 4 is 17.9 Å². The van der Waals surface area contributed by atoms with Gasteiger partial charge in [0, 0.05) is 10.5 Å². The molecule has 0 bridgehead atoms. The fourth-order valence-corrected chi connectivity index (χ4v) is 4.44. The van der Waals surface area contributed by atoms with Gasteiger partial charge in [0.2, 0.25) is 0 Å². The molecule has 1 unspecified atom stereocenters. The highest BCUT2D eigenvalue weighted by Gasteiger charge is 2.46. The molecule has 0 heterocycles. The average Bonchev–Trinajstić information content (AvgIpc) is 2.29. The number of ether oxygens (including phenoxy) is 1. The van der Waals surface area contributed by atoms with Crippen LogP contribution in [-0.2, 0) is 4.74 Å². The zero-order chi connectivity index (χ0) is 17.2. The number of hydrogen-bond donors (Lipinski definition) is 1. The number of hydrogen-bond acceptors (Lipinski definition) is 3. The van der Waals surface area contributed by atoms with Gasteiger partial charge in [0.25, 0.3) is 0 Å². The van der Waals surface area contributed by atoms with Gasteiger partial charge < -0.3 is 10.1 Å². The Balaban J connectivity index is 2.93. The third kappa shape index (κ3) is 5.68. The van der Waals surface area contributed by atoms with E-state index in [9.17, 15) is 4.79 Å². The number of rotatable bonds is 3. The first kappa shape index (κ1) is 19.7. The van der Waals surface area contributed by atoms with Crippen LogP contribution in [0.1, 0.15) is 74.7 Å². The van der Waals surface area contributed by atoms with Crippen LogP contribution in [0.15, 0.2) is 0 Å². The molecule has 22 heavy (non-hydrogen) atoms. The first-order valence-corrected chi connectivity index (χ1v) is 9.49. The molecule has 4 heteroatoms. The van der Waals surface area contributed by atoms with Gasteiger partial charge in [-0.15, -0.1) is 0 Å². The summed E-state index contributed by atoms with van der Waals surface area (Å²) in [5.74, 6) is 1.88. The minimum atomic E-state index is -0.455. The molecule has 3 atom stereocenters. The van der Waals surface area contributed by atoms with Crippen LogP contribution in [0.4, 0.5) is 4.79 Å². The molecule has 0 saturated heterocycles. The van der Waals surface area contributed by atoms with E-state index in [2.05, 4.69) is 39.9 Å². The minimum Gasteiger partial charge on any atom is -0.444 e. The Morgan fingerprint density at radius 1 is 1.14 bits per heavy atom. The van der Waals surface area contributed by atoms with E-state index >= 15 is 0 Å². The molecule has 1 N–H and O–H groups in total. The van der Waals surface area contributed by atoms with Gasteiger partial charge in [-0.3, -0.25) is 0 Å². The molecule has 0 spiro atoms. The normalized spacial score (nSPS) is 30.0. The maximum Gasteiger partial charge on any atom is 0.408 e. The van der Waals surface area contributed by atoms with Crippen molar-refractivity contribution in [2.24, 2.45) is 11.8 Å². The molecule has 1 aliphatic rings. The second kappa shape index (κ2) is 7.02. The molecule has 0 aromatic carbocycles. The van der Waals surface area contributed by atoms with Crippen molar-refractivity contribution < 1.29 is 9.53 Å². The van der Waals surface area contributed by atoms with Gasteiger partial charge in [0.05, 0.1) is 5.54 Å². The summed E-state index contributed by atoms with van der Waals surface area (Å²) >= 11 is 1.94. The largest absolute Gasteiger partial charge is 0.444 e. The Morgan fingerprint density at radius 2 is 1.64 bits per heavy atom. The molecule has 3 nitrogen and oxygen atoms in total. The third-order valence-corrected chi connectivity index (χ3v) is 6.00.